The fraction of sp³-hybridized carbons (Fsp3) is 0.818. The smallest absolute Gasteiger partial charge is 0.325 e. The first-order valence-corrected chi connectivity index (χ1v) is 6.81. The summed E-state index contributed by atoms with van der Waals surface area (Å²) in [5, 5.41) is 6.27. The molecule has 0 fully saturated rings. The van der Waals surface area contributed by atoms with Crippen molar-refractivity contribution in [2.24, 2.45) is 5.73 Å². The lowest BCUT2D eigenvalue weighted by Gasteiger charge is -2.39. The average molecular weight is 444 g/mol. The van der Waals surface area contributed by atoms with E-state index in [2.05, 4.69) is 10.3 Å². The van der Waals surface area contributed by atoms with Crippen LogP contribution in [-0.2, 0) is 13.1 Å². The van der Waals surface area contributed by atoms with Crippen LogP contribution in [0.1, 0.15) is 12.1 Å². The summed E-state index contributed by atoms with van der Waals surface area (Å²) in [4.78, 5) is 0. The Kier molecular flexibility index (Phi) is 5.98. The van der Waals surface area contributed by atoms with E-state index in [1.54, 1.807) is 0 Å². The molecule has 0 aliphatic rings. The molecule has 1 aromatic heterocycles. The van der Waals surface area contributed by atoms with Crippen molar-refractivity contribution >= 4 is 0 Å². The molecule has 0 atom stereocenters. The molecule has 164 valence electrons. The zero-order valence-corrected chi connectivity index (χ0v) is 13.0. The van der Waals surface area contributed by atoms with Crippen molar-refractivity contribution in [3.05, 3.63) is 11.9 Å². The maximum atomic E-state index is 13.5. The number of nitrogens with zero attached hydrogens (tertiary/aromatic N) is 3. The first-order chi connectivity index (χ1) is 12.3. The Bertz CT molecular complexity index is 678. The highest BCUT2D eigenvalue weighted by atomic mass is 19.4. The SMILES string of the molecule is NCc1cn(CCC(F)(F)C(F)(F)C(F)(F)C(F)(F)C(F)(F)C(F)(F)F)nn1. The summed E-state index contributed by atoms with van der Waals surface area (Å²) < 4.78 is 168. The van der Waals surface area contributed by atoms with Crippen LogP contribution in [0.5, 0.6) is 0 Å². The first kappa shape index (κ1) is 24.2. The normalized spacial score (nSPS) is 15.2. The third kappa shape index (κ3) is 3.59. The van der Waals surface area contributed by atoms with Crippen LogP contribution in [-0.4, -0.2) is 50.8 Å². The van der Waals surface area contributed by atoms with Crippen molar-refractivity contribution in [1.29, 1.82) is 0 Å². The number of halogens is 13. The number of nitrogens with two attached hydrogens (primary N) is 1. The molecule has 1 heterocycles. The molecule has 0 aliphatic carbocycles. The molecule has 0 unspecified atom stereocenters. The minimum Gasteiger partial charge on any atom is -0.325 e. The quantitative estimate of drug-likeness (QED) is 0.620. The van der Waals surface area contributed by atoms with Crippen molar-refractivity contribution in [3.63, 3.8) is 0 Å². The van der Waals surface area contributed by atoms with Crippen molar-refractivity contribution < 1.29 is 57.1 Å². The van der Waals surface area contributed by atoms with Gasteiger partial charge in [-0.2, -0.15) is 57.1 Å². The van der Waals surface area contributed by atoms with Crippen LogP contribution in [0.3, 0.4) is 0 Å². The van der Waals surface area contributed by atoms with Crippen molar-refractivity contribution in [1.82, 2.24) is 15.0 Å². The van der Waals surface area contributed by atoms with Gasteiger partial charge in [0.15, 0.2) is 0 Å². The molecule has 0 aromatic carbocycles. The van der Waals surface area contributed by atoms with E-state index in [-0.39, 0.29) is 12.2 Å². The molecule has 1 aromatic rings. The van der Waals surface area contributed by atoms with E-state index in [1.165, 1.54) is 0 Å². The summed E-state index contributed by atoms with van der Waals surface area (Å²) in [5.41, 5.74) is 4.99. The minimum atomic E-state index is -7.90. The largest absolute Gasteiger partial charge is 0.460 e. The molecule has 0 saturated heterocycles. The second-order valence-corrected chi connectivity index (χ2v) is 5.43. The summed E-state index contributed by atoms with van der Waals surface area (Å²) in [7, 11) is 0. The molecule has 2 N–H and O–H groups in total. The van der Waals surface area contributed by atoms with Gasteiger partial charge < -0.3 is 5.73 Å². The van der Waals surface area contributed by atoms with Gasteiger partial charge in [0.2, 0.25) is 0 Å². The fourth-order valence-corrected chi connectivity index (χ4v) is 1.76. The highest BCUT2D eigenvalue weighted by molar-refractivity contribution is 5.10. The Morgan fingerprint density at radius 3 is 1.61 bits per heavy atom. The molecule has 0 saturated carbocycles. The molecule has 0 bridgehead atoms. The molecule has 0 aliphatic heterocycles. The lowest BCUT2D eigenvalue weighted by Crippen LogP contribution is -2.70. The first-order valence-electron chi connectivity index (χ1n) is 6.81. The Balaban J connectivity index is 3.21. The van der Waals surface area contributed by atoms with Crippen LogP contribution in [0.4, 0.5) is 57.1 Å². The van der Waals surface area contributed by atoms with E-state index in [0.717, 1.165) is 6.20 Å². The highest BCUT2D eigenvalue weighted by Gasteiger charge is 2.90. The second-order valence-electron chi connectivity index (χ2n) is 5.43. The Morgan fingerprint density at radius 2 is 1.21 bits per heavy atom. The van der Waals surface area contributed by atoms with Gasteiger partial charge in [-0.05, 0) is 0 Å². The molecule has 28 heavy (non-hydrogen) atoms. The van der Waals surface area contributed by atoms with E-state index in [9.17, 15) is 57.1 Å². The second kappa shape index (κ2) is 6.91. The number of aromatic nitrogens is 3. The number of alkyl halides is 13. The third-order valence-corrected chi connectivity index (χ3v) is 3.45. The van der Waals surface area contributed by atoms with E-state index in [4.69, 9.17) is 5.73 Å². The van der Waals surface area contributed by atoms with Gasteiger partial charge in [0.1, 0.15) is 0 Å². The number of hydrogen-bond donors (Lipinski definition) is 1. The van der Waals surface area contributed by atoms with Crippen LogP contribution in [0, 0.1) is 0 Å². The van der Waals surface area contributed by atoms with Crippen LogP contribution < -0.4 is 5.73 Å². The van der Waals surface area contributed by atoms with E-state index in [0.29, 0.717) is 4.68 Å². The maximum absolute atomic E-state index is 13.5. The van der Waals surface area contributed by atoms with Crippen LogP contribution >= 0.6 is 0 Å². The van der Waals surface area contributed by atoms with E-state index >= 15 is 0 Å². The van der Waals surface area contributed by atoms with Gasteiger partial charge in [0.05, 0.1) is 5.69 Å². The molecular weight excluding hydrogens is 435 g/mol. The predicted molar refractivity (Wildman–Crippen MR) is 63.3 cm³/mol. The monoisotopic (exact) mass is 444 g/mol. The van der Waals surface area contributed by atoms with Crippen molar-refractivity contribution in [2.75, 3.05) is 0 Å². The van der Waals surface area contributed by atoms with Gasteiger partial charge in [0, 0.05) is 25.7 Å². The Morgan fingerprint density at radius 1 is 0.750 bits per heavy atom. The molecule has 0 amide bonds. The Labute approximate surface area is 146 Å². The summed E-state index contributed by atoms with van der Waals surface area (Å²) in [6.07, 6.45) is -9.01. The standard InChI is InChI=1S/C11H9F13N4/c12-6(13,1-2-28-4-5(3-25)26-27-28)7(14,15)8(16,17)9(18,19)10(20,21)11(22,23)24/h4H,1-3,25H2. The molecule has 0 radical (unpaired) electrons. The summed E-state index contributed by atoms with van der Waals surface area (Å²) in [6.45, 7) is -1.66. The van der Waals surface area contributed by atoms with Gasteiger partial charge in [-0.25, -0.2) is 0 Å². The topological polar surface area (TPSA) is 56.7 Å². The maximum Gasteiger partial charge on any atom is 0.460 e. The lowest BCUT2D eigenvalue weighted by molar-refractivity contribution is -0.440. The van der Waals surface area contributed by atoms with Gasteiger partial charge in [0.25, 0.3) is 0 Å². The lowest BCUT2D eigenvalue weighted by atomic mass is 9.92. The zero-order chi connectivity index (χ0) is 22.4. The number of aryl methyl sites for hydroxylation is 1. The molecular formula is C11H9F13N4. The predicted octanol–water partition coefficient (Wildman–Crippen LogP) is 3.87. The van der Waals surface area contributed by atoms with Crippen LogP contribution in [0.2, 0.25) is 0 Å². The molecule has 0 spiro atoms. The number of hydrogen-bond acceptors (Lipinski definition) is 3. The zero-order valence-electron chi connectivity index (χ0n) is 13.0. The highest BCUT2D eigenvalue weighted by Crippen LogP contribution is 2.60. The molecule has 17 heteroatoms. The van der Waals surface area contributed by atoms with E-state index < -0.39 is 48.8 Å². The van der Waals surface area contributed by atoms with Gasteiger partial charge >= 0.3 is 35.8 Å². The summed E-state index contributed by atoms with van der Waals surface area (Å²) in [5.74, 6) is -36.9. The van der Waals surface area contributed by atoms with Crippen LogP contribution in [0.25, 0.3) is 0 Å². The van der Waals surface area contributed by atoms with Crippen molar-refractivity contribution in [3.8, 4) is 0 Å². The van der Waals surface area contributed by atoms with Gasteiger partial charge in [-0.3, -0.25) is 4.68 Å². The van der Waals surface area contributed by atoms with Crippen molar-refractivity contribution in [2.45, 2.75) is 55.3 Å². The average Bonchev–Trinajstić information content (AvgIpc) is 2.99. The van der Waals surface area contributed by atoms with E-state index in [1.807, 2.05) is 0 Å². The van der Waals surface area contributed by atoms with Crippen LogP contribution in [0.15, 0.2) is 6.20 Å². The van der Waals surface area contributed by atoms with Gasteiger partial charge in [-0.1, -0.05) is 5.21 Å². The molecule has 1 rings (SSSR count). The summed E-state index contributed by atoms with van der Waals surface area (Å²) in [6, 6.07) is 0. The summed E-state index contributed by atoms with van der Waals surface area (Å²) >= 11 is 0. The molecule has 4 nitrogen and oxygen atoms in total. The fourth-order valence-electron chi connectivity index (χ4n) is 1.76. The minimum absolute atomic E-state index is 0.0724. The number of rotatable bonds is 8. The third-order valence-electron chi connectivity index (χ3n) is 3.45. The van der Waals surface area contributed by atoms with Gasteiger partial charge in [-0.15, -0.1) is 5.10 Å². The Hall–Kier alpha value is -1.81.